The highest BCUT2D eigenvalue weighted by atomic mass is 16.5. The van der Waals surface area contributed by atoms with Crippen molar-refractivity contribution < 1.29 is 4.52 Å². The number of aromatic nitrogens is 3. The van der Waals surface area contributed by atoms with Crippen LogP contribution in [0.2, 0.25) is 0 Å². The van der Waals surface area contributed by atoms with Gasteiger partial charge in [-0.3, -0.25) is 4.98 Å². The van der Waals surface area contributed by atoms with E-state index in [1.54, 1.807) is 6.20 Å². The van der Waals surface area contributed by atoms with Gasteiger partial charge in [0.05, 0.1) is 11.1 Å². The Balaban J connectivity index is 2.33. The molecule has 2 N–H and O–H groups in total. The molecule has 0 fully saturated rings. The fourth-order valence-electron chi connectivity index (χ4n) is 1.70. The largest absolute Gasteiger partial charge is 0.334 e. The number of nitrogens with two attached hydrogens (primary N) is 1. The Morgan fingerprint density at radius 3 is 2.56 bits per heavy atom. The molecule has 0 aliphatic rings. The van der Waals surface area contributed by atoms with Crippen molar-refractivity contribution in [1.82, 2.24) is 15.1 Å². The Morgan fingerprint density at radius 1 is 1.28 bits per heavy atom. The third-order valence-corrected chi connectivity index (χ3v) is 3.29. The average Bonchev–Trinajstić information content (AvgIpc) is 2.89. The first-order valence-electron chi connectivity index (χ1n) is 6.15. The lowest BCUT2D eigenvalue weighted by Gasteiger charge is -2.21. The molecule has 5 heteroatoms. The Labute approximate surface area is 106 Å². The number of nitrogens with zero attached hydrogens (tertiary/aromatic N) is 3. The molecule has 96 valence electrons. The first kappa shape index (κ1) is 12.7. The molecule has 0 amide bonds. The van der Waals surface area contributed by atoms with Gasteiger partial charge in [0.1, 0.15) is 0 Å². The maximum absolute atomic E-state index is 6.23. The molecule has 2 heterocycles. The van der Waals surface area contributed by atoms with Gasteiger partial charge >= 0.3 is 0 Å². The summed E-state index contributed by atoms with van der Waals surface area (Å²) in [4.78, 5) is 8.59. The van der Waals surface area contributed by atoms with E-state index in [1.165, 1.54) is 0 Å². The molecule has 0 aliphatic heterocycles. The predicted octanol–water partition coefficient (Wildman–Crippen LogP) is 2.41. The number of hydrogen-bond donors (Lipinski definition) is 1. The number of pyridine rings is 1. The molecular formula is C13H18N4O. The molecule has 0 bridgehead atoms. The highest BCUT2D eigenvalue weighted by molar-refractivity contribution is 5.51. The second kappa shape index (κ2) is 4.86. The molecule has 0 unspecified atom stereocenters. The Kier molecular flexibility index (Phi) is 3.43. The Hall–Kier alpha value is -1.75. The van der Waals surface area contributed by atoms with Gasteiger partial charge in [-0.2, -0.15) is 4.98 Å². The van der Waals surface area contributed by atoms with E-state index in [2.05, 4.69) is 15.1 Å². The molecule has 2 rings (SSSR count). The number of aryl methyl sites for hydroxylation is 1. The van der Waals surface area contributed by atoms with Gasteiger partial charge in [-0.1, -0.05) is 19.0 Å². The van der Waals surface area contributed by atoms with Crippen LogP contribution in [0.4, 0.5) is 0 Å². The van der Waals surface area contributed by atoms with Gasteiger partial charge in [-0.15, -0.1) is 0 Å². The first-order chi connectivity index (χ1) is 8.59. The summed E-state index contributed by atoms with van der Waals surface area (Å²) in [7, 11) is 0. The quantitative estimate of drug-likeness (QED) is 0.896. The van der Waals surface area contributed by atoms with E-state index in [-0.39, 0.29) is 0 Å². The highest BCUT2D eigenvalue weighted by Gasteiger charge is 2.29. The predicted molar refractivity (Wildman–Crippen MR) is 68.7 cm³/mol. The molecule has 5 nitrogen and oxygen atoms in total. The van der Waals surface area contributed by atoms with Crippen LogP contribution in [0.25, 0.3) is 11.5 Å². The van der Waals surface area contributed by atoms with Gasteiger partial charge < -0.3 is 10.3 Å². The van der Waals surface area contributed by atoms with Gasteiger partial charge in [0.25, 0.3) is 5.89 Å². The first-order valence-corrected chi connectivity index (χ1v) is 6.15. The number of rotatable bonds is 4. The minimum atomic E-state index is -0.514. The van der Waals surface area contributed by atoms with E-state index in [9.17, 15) is 0 Å². The van der Waals surface area contributed by atoms with E-state index in [0.717, 1.165) is 24.1 Å². The molecule has 0 aliphatic carbocycles. The van der Waals surface area contributed by atoms with E-state index >= 15 is 0 Å². The van der Waals surface area contributed by atoms with Gasteiger partial charge in [0, 0.05) is 11.9 Å². The van der Waals surface area contributed by atoms with Crippen LogP contribution in [0.5, 0.6) is 0 Å². The lowest BCUT2D eigenvalue weighted by molar-refractivity contribution is 0.350. The number of hydrogen-bond acceptors (Lipinski definition) is 5. The summed E-state index contributed by atoms with van der Waals surface area (Å²) in [5, 5.41) is 3.99. The van der Waals surface area contributed by atoms with Gasteiger partial charge in [-0.25, -0.2) is 0 Å². The van der Waals surface area contributed by atoms with Crippen LogP contribution in [-0.4, -0.2) is 15.1 Å². The van der Waals surface area contributed by atoms with Crippen molar-refractivity contribution in [3.63, 3.8) is 0 Å². The third kappa shape index (κ3) is 2.26. The fraction of sp³-hybridized carbons (Fsp3) is 0.462. The van der Waals surface area contributed by atoms with Crippen LogP contribution < -0.4 is 5.73 Å². The van der Waals surface area contributed by atoms with Crippen LogP contribution in [0, 0.1) is 6.92 Å². The molecule has 0 aromatic carbocycles. The lowest BCUT2D eigenvalue weighted by atomic mass is 9.93. The van der Waals surface area contributed by atoms with Gasteiger partial charge in [0.15, 0.2) is 5.82 Å². The molecule has 0 spiro atoms. The lowest BCUT2D eigenvalue weighted by Crippen LogP contribution is -2.36. The molecule has 0 saturated carbocycles. The second-order valence-corrected chi connectivity index (χ2v) is 4.47. The van der Waals surface area contributed by atoms with Crippen LogP contribution in [0.15, 0.2) is 22.9 Å². The zero-order valence-electron chi connectivity index (χ0n) is 11.0. The summed E-state index contributed by atoms with van der Waals surface area (Å²) in [6.45, 7) is 5.97. The summed E-state index contributed by atoms with van der Waals surface area (Å²) in [5.74, 6) is 1.03. The minimum absolute atomic E-state index is 0.467. The Bertz CT molecular complexity index is 514. The van der Waals surface area contributed by atoms with Crippen molar-refractivity contribution in [1.29, 1.82) is 0 Å². The normalized spacial score (nSPS) is 11.8. The van der Waals surface area contributed by atoms with Crippen molar-refractivity contribution in [3.05, 3.63) is 29.8 Å². The molecule has 0 saturated heterocycles. The summed E-state index contributed by atoms with van der Waals surface area (Å²) < 4.78 is 5.26. The summed E-state index contributed by atoms with van der Waals surface area (Å²) in [6, 6.07) is 3.82. The minimum Gasteiger partial charge on any atom is -0.334 e. The SMILES string of the molecule is CCC(N)(CC)c1noc(-c2ccc(C)nc2)n1. The topological polar surface area (TPSA) is 77.8 Å². The molecule has 2 aromatic heterocycles. The monoisotopic (exact) mass is 246 g/mol. The highest BCUT2D eigenvalue weighted by Crippen LogP contribution is 2.25. The van der Waals surface area contributed by atoms with E-state index in [0.29, 0.717) is 11.7 Å². The van der Waals surface area contributed by atoms with Crippen LogP contribution in [0.1, 0.15) is 38.2 Å². The van der Waals surface area contributed by atoms with Crippen molar-refractivity contribution in [2.75, 3.05) is 0 Å². The van der Waals surface area contributed by atoms with Crippen molar-refractivity contribution in [3.8, 4) is 11.5 Å². The molecule has 18 heavy (non-hydrogen) atoms. The fourth-order valence-corrected chi connectivity index (χ4v) is 1.70. The standard InChI is InChI=1S/C13H18N4O/c1-4-13(14,5-2)12-16-11(18-17-12)10-7-6-9(3)15-8-10/h6-8H,4-5,14H2,1-3H3. The zero-order valence-corrected chi connectivity index (χ0v) is 11.0. The smallest absolute Gasteiger partial charge is 0.259 e. The molecular weight excluding hydrogens is 228 g/mol. The molecule has 0 radical (unpaired) electrons. The maximum atomic E-state index is 6.23. The third-order valence-electron chi connectivity index (χ3n) is 3.29. The summed E-state index contributed by atoms with van der Waals surface area (Å²) >= 11 is 0. The second-order valence-electron chi connectivity index (χ2n) is 4.47. The van der Waals surface area contributed by atoms with Gasteiger partial charge in [0.2, 0.25) is 0 Å². The van der Waals surface area contributed by atoms with E-state index < -0.39 is 5.54 Å². The van der Waals surface area contributed by atoms with Crippen molar-refractivity contribution in [2.24, 2.45) is 5.73 Å². The van der Waals surface area contributed by atoms with E-state index in [1.807, 2.05) is 32.9 Å². The molecule has 0 atom stereocenters. The Morgan fingerprint density at radius 2 is 2.00 bits per heavy atom. The average molecular weight is 246 g/mol. The van der Waals surface area contributed by atoms with Crippen LogP contribution in [-0.2, 0) is 5.54 Å². The zero-order chi connectivity index (χ0) is 13.2. The van der Waals surface area contributed by atoms with Crippen LogP contribution in [0.3, 0.4) is 0 Å². The summed E-state index contributed by atoms with van der Waals surface area (Å²) in [6.07, 6.45) is 3.27. The molecule has 2 aromatic rings. The van der Waals surface area contributed by atoms with Crippen molar-refractivity contribution >= 4 is 0 Å². The maximum Gasteiger partial charge on any atom is 0.259 e. The van der Waals surface area contributed by atoms with Crippen LogP contribution >= 0.6 is 0 Å². The van der Waals surface area contributed by atoms with E-state index in [4.69, 9.17) is 10.3 Å². The van der Waals surface area contributed by atoms with Gasteiger partial charge in [-0.05, 0) is 31.9 Å². The van der Waals surface area contributed by atoms with Crippen molar-refractivity contribution in [2.45, 2.75) is 39.2 Å². The summed E-state index contributed by atoms with van der Waals surface area (Å²) in [5.41, 5.74) is 7.49.